The minimum absolute atomic E-state index is 0.176. The van der Waals surface area contributed by atoms with Crippen LogP contribution in [0.5, 0.6) is 0 Å². The maximum atomic E-state index is 12.8. The summed E-state index contributed by atoms with van der Waals surface area (Å²) in [5.74, 6) is 1.33. The lowest BCUT2D eigenvalue weighted by Crippen LogP contribution is -2.20. The smallest absolute Gasteiger partial charge is 0.265 e. The largest absolute Gasteiger partial charge is 0.408 e. The van der Waals surface area contributed by atoms with Gasteiger partial charge in [0.25, 0.3) is 0 Å². The molecular weight excluding hydrogens is 355 g/mol. The maximum Gasteiger partial charge on any atom is 0.408 e. The highest BCUT2D eigenvalue weighted by Crippen LogP contribution is 2.24. The Hall–Kier alpha value is -2.43. The molecule has 0 unspecified atom stereocenters. The highest BCUT2D eigenvalue weighted by Gasteiger charge is 2.30. The Balaban J connectivity index is 1.83. The standard InChI is InChI=1S/C14H14F3N7S/c1-2-10-19-13(22-21-10)25-7-11-20-12(9-3-5-18-6-4-9)23-24(11)8-14(15,16)17/h3-6H,2,7-8H2,1H3,(H,19,21,22). The molecule has 1 N–H and O–H groups in total. The number of hydrogen-bond donors (Lipinski definition) is 1. The fourth-order valence-electron chi connectivity index (χ4n) is 2.03. The quantitative estimate of drug-likeness (QED) is 0.673. The lowest BCUT2D eigenvalue weighted by molar-refractivity contribution is -0.143. The second kappa shape index (κ2) is 7.21. The lowest BCUT2D eigenvalue weighted by Gasteiger charge is -2.08. The van der Waals surface area contributed by atoms with Crippen molar-refractivity contribution in [2.45, 2.75) is 37.0 Å². The van der Waals surface area contributed by atoms with Crippen LogP contribution in [0.15, 0.2) is 29.7 Å². The maximum absolute atomic E-state index is 12.8. The molecule has 0 saturated heterocycles. The van der Waals surface area contributed by atoms with Gasteiger partial charge in [0.2, 0.25) is 5.16 Å². The molecule has 3 aromatic rings. The number of hydrogen-bond acceptors (Lipinski definition) is 6. The minimum atomic E-state index is -4.39. The molecular formula is C14H14F3N7S. The van der Waals surface area contributed by atoms with Crippen molar-refractivity contribution in [1.29, 1.82) is 0 Å². The molecule has 0 bridgehead atoms. The summed E-state index contributed by atoms with van der Waals surface area (Å²) in [6.07, 6.45) is -0.616. The van der Waals surface area contributed by atoms with Crippen LogP contribution in [0.1, 0.15) is 18.6 Å². The van der Waals surface area contributed by atoms with Crippen molar-refractivity contribution in [3.8, 4) is 11.4 Å². The number of aromatic nitrogens is 7. The third kappa shape index (κ3) is 4.56. The highest BCUT2D eigenvalue weighted by atomic mass is 32.2. The van der Waals surface area contributed by atoms with Crippen molar-refractivity contribution in [1.82, 2.24) is 34.9 Å². The van der Waals surface area contributed by atoms with Crippen LogP contribution in [-0.2, 0) is 18.7 Å². The molecule has 0 aliphatic heterocycles. The molecule has 25 heavy (non-hydrogen) atoms. The first-order valence-corrected chi connectivity index (χ1v) is 8.38. The first kappa shape index (κ1) is 17.4. The zero-order valence-corrected chi connectivity index (χ0v) is 14.0. The highest BCUT2D eigenvalue weighted by molar-refractivity contribution is 7.98. The average Bonchev–Trinajstić information content (AvgIpc) is 3.19. The Labute approximate surface area is 145 Å². The van der Waals surface area contributed by atoms with E-state index in [4.69, 9.17) is 0 Å². The van der Waals surface area contributed by atoms with E-state index in [2.05, 4.69) is 30.2 Å². The van der Waals surface area contributed by atoms with E-state index in [1.165, 1.54) is 24.2 Å². The van der Waals surface area contributed by atoms with Crippen LogP contribution < -0.4 is 0 Å². The molecule has 3 heterocycles. The van der Waals surface area contributed by atoms with Crippen molar-refractivity contribution < 1.29 is 13.2 Å². The van der Waals surface area contributed by atoms with Gasteiger partial charge in [-0.1, -0.05) is 18.7 Å². The Bertz CT molecular complexity index is 829. The molecule has 0 spiro atoms. The first-order valence-electron chi connectivity index (χ1n) is 7.39. The molecule has 0 radical (unpaired) electrons. The van der Waals surface area contributed by atoms with E-state index >= 15 is 0 Å². The van der Waals surface area contributed by atoms with Gasteiger partial charge in [0.1, 0.15) is 18.2 Å². The molecule has 132 valence electrons. The van der Waals surface area contributed by atoms with Crippen LogP contribution >= 0.6 is 11.8 Å². The van der Waals surface area contributed by atoms with Gasteiger partial charge < -0.3 is 0 Å². The van der Waals surface area contributed by atoms with Gasteiger partial charge >= 0.3 is 6.18 Å². The molecule has 0 aromatic carbocycles. The molecule has 0 amide bonds. The Morgan fingerprint density at radius 3 is 2.60 bits per heavy atom. The number of pyridine rings is 1. The van der Waals surface area contributed by atoms with Gasteiger partial charge in [-0.15, -0.1) is 5.10 Å². The Morgan fingerprint density at radius 1 is 1.20 bits per heavy atom. The summed E-state index contributed by atoms with van der Waals surface area (Å²) in [4.78, 5) is 12.3. The van der Waals surface area contributed by atoms with Gasteiger partial charge in [-0.2, -0.15) is 18.3 Å². The SMILES string of the molecule is CCc1nc(SCc2nc(-c3ccncc3)nn2CC(F)(F)F)n[nH]1. The van der Waals surface area contributed by atoms with E-state index in [-0.39, 0.29) is 17.4 Å². The summed E-state index contributed by atoms with van der Waals surface area (Å²) >= 11 is 1.20. The van der Waals surface area contributed by atoms with E-state index in [1.54, 1.807) is 12.1 Å². The van der Waals surface area contributed by atoms with Gasteiger partial charge in [-0.25, -0.2) is 14.6 Å². The number of alkyl halides is 3. The molecule has 0 saturated carbocycles. The second-order valence-electron chi connectivity index (χ2n) is 5.07. The normalized spacial score (nSPS) is 11.8. The summed E-state index contributed by atoms with van der Waals surface area (Å²) in [6, 6.07) is 3.29. The van der Waals surface area contributed by atoms with E-state index in [0.717, 1.165) is 10.5 Å². The van der Waals surface area contributed by atoms with Crippen LogP contribution in [-0.4, -0.2) is 41.1 Å². The van der Waals surface area contributed by atoms with E-state index in [0.29, 0.717) is 17.1 Å². The van der Waals surface area contributed by atoms with E-state index in [1.807, 2.05) is 6.92 Å². The summed E-state index contributed by atoms with van der Waals surface area (Å²) in [6.45, 7) is 0.727. The number of thioether (sulfide) groups is 1. The predicted octanol–water partition coefficient (Wildman–Crippen LogP) is 2.88. The van der Waals surface area contributed by atoms with Crippen molar-refractivity contribution >= 4 is 11.8 Å². The number of nitrogens with one attached hydrogen (secondary N) is 1. The van der Waals surface area contributed by atoms with Crippen LogP contribution in [0.25, 0.3) is 11.4 Å². The molecule has 0 aliphatic rings. The van der Waals surface area contributed by atoms with Gasteiger partial charge in [-0.3, -0.25) is 10.1 Å². The topological polar surface area (TPSA) is 85.2 Å². The predicted molar refractivity (Wildman–Crippen MR) is 84.6 cm³/mol. The number of aryl methyl sites for hydroxylation is 1. The van der Waals surface area contributed by atoms with Crippen LogP contribution in [0.3, 0.4) is 0 Å². The fourth-order valence-corrected chi connectivity index (χ4v) is 2.79. The monoisotopic (exact) mass is 369 g/mol. The molecule has 11 heteroatoms. The van der Waals surface area contributed by atoms with Gasteiger partial charge in [0, 0.05) is 24.4 Å². The number of halogens is 3. The minimum Gasteiger partial charge on any atom is -0.265 e. The number of nitrogens with zero attached hydrogens (tertiary/aromatic N) is 6. The van der Waals surface area contributed by atoms with Gasteiger partial charge in [0.15, 0.2) is 5.82 Å². The van der Waals surface area contributed by atoms with Crippen LogP contribution in [0, 0.1) is 0 Å². The molecule has 7 nitrogen and oxygen atoms in total. The van der Waals surface area contributed by atoms with Crippen molar-refractivity contribution in [2.24, 2.45) is 0 Å². The van der Waals surface area contributed by atoms with E-state index < -0.39 is 12.7 Å². The van der Waals surface area contributed by atoms with Crippen LogP contribution in [0.4, 0.5) is 13.2 Å². The summed E-state index contributed by atoms with van der Waals surface area (Å²) in [5, 5.41) is 11.2. The zero-order valence-electron chi connectivity index (χ0n) is 13.2. The molecule has 0 atom stereocenters. The average molecular weight is 369 g/mol. The van der Waals surface area contributed by atoms with Crippen molar-refractivity contribution in [2.75, 3.05) is 0 Å². The molecule has 3 aromatic heterocycles. The first-order chi connectivity index (χ1) is 11.9. The summed E-state index contributed by atoms with van der Waals surface area (Å²) in [7, 11) is 0. The Kier molecular flexibility index (Phi) is 5.02. The Morgan fingerprint density at radius 2 is 1.96 bits per heavy atom. The number of rotatable bonds is 6. The summed E-state index contributed by atoms with van der Waals surface area (Å²) in [5.41, 5.74) is 0.605. The molecule has 0 aliphatic carbocycles. The fraction of sp³-hybridized carbons (Fsp3) is 0.357. The van der Waals surface area contributed by atoms with Crippen LogP contribution in [0.2, 0.25) is 0 Å². The molecule has 0 fully saturated rings. The van der Waals surface area contributed by atoms with Crippen molar-refractivity contribution in [3.05, 3.63) is 36.2 Å². The van der Waals surface area contributed by atoms with E-state index in [9.17, 15) is 13.2 Å². The molecule has 3 rings (SSSR count). The van der Waals surface area contributed by atoms with Gasteiger partial charge in [0.05, 0.1) is 5.75 Å². The third-order valence-electron chi connectivity index (χ3n) is 3.19. The lowest BCUT2D eigenvalue weighted by atomic mass is 10.3. The summed E-state index contributed by atoms with van der Waals surface area (Å²) < 4.78 is 39.3. The third-order valence-corrected chi connectivity index (χ3v) is 4.04. The second-order valence-corrected chi connectivity index (χ2v) is 6.01. The van der Waals surface area contributed by atoms with Crippen molar-refractivity contribution in [3.63, 3.8) is 0 Å². The van der Waals surface area contributed by atoms with Gasteiger partial charge in [-0.05, 0) is 12.1 Å². The number of H-pyrrole nitrogens is 1. The zero-order chi connectivity index (χ0) is 17.9. The number of aromatic amines is 1.